The summed E-state index contributed by atoms with van der Waals surface area (Å²) in [6.45, 7) is 8.32. The van der Waals surface area contributed by atoms with Crippen molar-refractivity contribution in [1.82, 2.24) is 4.90 Å². The first-order chi connectivity index (χ1) is 14.3. The Morgan fingerprint density at radius 2 is 1.70 bits per heavy atom. The Morgan fingerprint density at radius 3 is 2.30 bits per heavy atom. The monoisotopic (exact) mass is 425 g/mol. The number of benzene rings is 2. The van der Waals surface area contributed by atoms with Gasteiger partial charge < -0.3 is 9.64 Å². The van der Waals surface area contributed by atoms with Gasteiger partial charge in [-0.15, -0.1) is 11.8 Å². The highest BCUT2D eigenvalue weighted by Gasteiger charge is 2.43. The van der Waals surface area contributed by atoms with Crippen molar-refractivity contribution in [3.05, 3.63) is 66.2 Å². The van der Waals surface area contributed by atoms with Crippen LogP contribution >= 0.6 is 11.8 Å². The molecule has 0 radical (unpaired) electrons. The minimum Gasteiger partial charge on any atom is -0.460 e. The first-order valence-corrected chi connectivity index (χ1v) is 11.5. The molecule has 3 rings (SSSR count). The van der Waals surface area contributed by atoms with E-state index in [4.69, 9.17) is 4.74 Å². The molecular formula is C25H31NO3S. The lowest BCUT2D eigenvalue weighted by atomic mass is 9.92. The number of ether oxygens (including phenoxy) is 1. The Kier molecular flexibility index (Phi) is 7.24. The van der Waals surface area contributed by atoms with E-state index in [0.29, 0.717) is 18.7 Å². The summed E-state index contributed by atoms with van der Waals surface area (Å²) >= 11 is 1.61. The number of hydrogen-bond acceptors (Lipinski definition) is 4. The zero-order chi connectivity index (χ0) is 21.7. The molecule has 0 bridgehead atoms. The molecule has 1 amide bonds. The predicted molar refractivity (Wildman–Crippen MR) is 121 cm³/mol. The normalized spacial score (nSPS) is 18.9. The minimum atomic E-state index is -0.578. The average Bonchev–Trinajstić information content (AvgIpc) is 3.09. The van der Waals surface area contributed by atoms with Gasteiger partial charge >= 0.3 is 5.97 Å². The lowest BCUT2D eigenvalue weighted by Gasteiger charge is -2.28. The smallest absolute Gasteiger partial charge is 0.311 e. The molecule has 1 aliphatic heterocycles. The van der Waals surface area contributed by atoms with Crippen LogP contribution in [0, 0.1) is 11.8 Å². The van der Waals surface area contributed by atoms with Gasteiger partial charge in [-0.2, -0.15) is 0 Å². The highest BCUT2D eigenvalue weighted by molar-refractivity contribution is 7.99. The summed E-state index contributed by atoms with van der Waals surface area (Å²) in [7, 11) is 0. The van der Waals surface area contributed by atoms with Crippen molar-refractivity contribution in [3.8, 4) is 0 Å². The van der Waals surface area contributed by atoms with Crippen molar-refractivity contribution in [3.63, 3.8) is 0 Å². The van der Waals surface area contributed by atoms with Crippen molar-refractivity contribution in [2.24, 2.45) is 11.8 Å². The van der Waals surface area contributed by atoms with Crippen LogP contribution in [-0.2, 0) is 14.3 Å². The Morgan fingerprint density at radius 1 is 1.10 bits per heavy atom. The molecule has 4 nitrogen and oxygen atoms in total. The number of rotatable bonds is 7. The van der Waals surface area contributed by atoms with E-state index in [1.807, 2.05) is 86.3 Å². The molecule has 0 N–H and O–H groups in total. The minimum absolute atomic E-state index is 0.00948. The van der Waals surface area contributed by atoms with E-state index in [-0.39, 0.29) is 23.8 Å². The zero-order valence-electron chi connectivity index (χ0n) is 18.2. The lowest BCUT2D eigenvalue weighted by molar-refractivity contribution is -0.162. The summed E-state index contributed by atoms with van der Waals surface area (Å²) < 4.78 is 5.71. The van der Waals surface area contributed by atoms with E-state index in [1.54, 1.807) is 11.8 Å². The summed E-state index contributed by atoms with van der Waals surface area (Å²) in [5.41, 5.74) is 0.532. The molecule has 30 heavy (non-hydrogen) atoms. The van der Waals surface area contributed by atoms with Crippen LogP contribution in [0.15, 0.2) is 65.6 Å². The molecular weight excluding hydrogens is 394 g/mol. The second kappa shape index (κ2) is 9.69. The van der Waals surface area contributed by atoms with Crippen molar-refractivity contribution in [2.45, 2.75) is 50.7 Å². The molecule has 5 heteroatoms. The number of esters is 1. The van der Waals surface area contributed by atoms with Gasteiger partial charge in [0.2, 0.25) is 5.91 Å². The van der Waals surface area contributed by atoms with Gasteiger partial charge in [0.1, 0.15) is 5.60 Å². The van der Waals surface area contributed by atoms with Crippen LogP contribution in [0.25, 0.3) is 0 Å². The fourth-order valence-electron chi connectivity index (χ4n) is 3.82. The van der Waals surface area contributed by atoms with Crippen molar-refractivity contribution in [2.75, 3.05) is 12.3 Å². The van der Waals surface area contributed by atoms with Crippen molar-refractivity contribution >= 4 is 23.6 Å². The first-order valence-electron chi connectivity index (χ1n) is 10.5. The Bertz CT molecular complexity index is 848. The van der Waals surface area contributed by atoms with Crippen LogP contribution in [-0.4, -0.2) is 34.7 Å². The largest absolute Gasteiger partial charge is 0.460 e. The van der Waals surface area contributed by atoms with E-state index >= 15 is 0 Å². The van der Waals surface area contributed by atoms with E-state index in [1.165, 1.54) is 0 Å². The lowest BCUT2D eigenvalue weighted by Crippen LogP contribution is -2.38. The van der Waals surface area contributed by atoms with Gasteiger partial charge in [0.25, 0.3) is 0 Å². The number of amides is 1. The molecule has 0 unspecified atom stereocenters. The third-order valence-electron chi connectivity index (χ3n) is 5.40. The van der Waals surface area contributed by atoms with Crippen LogP contribution in [0.4, 0.5) is 0 Å². The third kappa shape index (κ3) is 5.66. The molecule has 1 aliphatic rings. The maximum absolute atomic E-state index is 13.4. The number of likely N-dealkylation sites (tertiary alicyclic amines) is 1. The third-order valence-corrected chi connectivity index (χ3v) is 6.53. The molecule has 0 aliphatic carbocycles. The first kappa shape index (κ1) is 22.4. The molecule has 2 aromatic rings. The van der Waals surface area contributed by atoms with E-state index < -0.39 is 11.5 Å². The molecule has 0 saturated carbocycles. The topological polar surface area (TPSA) is 46.6 Å². The Labute approximate surface area is 184 Å². The fraction of sp³-hybridized carbons (Fsp3) is 0.440. The number of hydrogen-bond donors (Lipinski definition) is 0. The molecule has 1 fully saturated rings. The van der Waals surface area contributed by atoms with E-state index in [9.17, 15) is 9.59 Å². The SMILES string of the molecule is C[C@H](c1ccccc1)N1CC[C@@H]([C@H](CSc2ccccc2)C(=O)OC(C)(C)C)C1=O. The van der Waals surface area contributed by atoms with Crippen LogP contribution in [0.3, 0.4) is 0 Å². The fourth-order valence-corrected chi connectivity index (χ4v) is 4.91. The Balaban J connectivity index is 1.76. The Hall–Kier alpha value is -2.27. The summed E-state index contributed by atoms with van der Waals surface area (Å²) in [6, 6.07) is 20.0. The molecule has 3 atom stereocenters. The number of carbonyl (C=O) groups excluding carboxylic acids is 2. The van der Waals surface area contributed by atoms with Crippen molar-refractivity contribution in [1.29, 1.82) is 0 Å². The van der Waals surface area contributed by atoms with E-state index in [2.05, 4.69) is 6.92 Å². The van der Waals surface area contributed by atoms with Gasteiger partial charge in [0.15, 0.2) is 0 Å². The van der Waals surface area contributed by atoms with Gasteiger partial charge in [-0.3, -0.25) is 9.59 Å². The maximum Gasteiger partial charge on any atom is 0.311 e. The molecule has 160 valence electrons. The summed E-state index contributed by atoms with van der Waals surface area (Å²) in [5, 5.41) is 0. The quantitative estimate of drug-likeness (QED) is 0.443. The van der Waals surface area contributed by atoms with Gasteiger partial charge in [0, 0.05) is 17.2 Å². The van der Waals surface area contributed by atoms with Gasteiger partial charge in [-0.1, -0.05) is 48.5 Å². The van der Waals surface area contributed by atoms with Crippen molar-refractivity contribution < 1.29 is 14.3 Å². The number of thioether (sulfide) groups is 1. The molecule has 1 saturated heterocycles. The molecule has 2 aromatic carbocycles. The zero-order valence-corrected chi connectivity index (χ0v) is 19.0. The average molecular weight is 426 g/mol. The highest BCUT2D eigenvalue weighted by Crippen LogP contribution is 2.36. The standard InChI is InChI=1S/C25H31NO3S/c1-18(19-11-7-5-8-12-19)26-16-15-21(23(26)27)22(24(28)29-25(2,3)4)17-30-20-13-9-6-10-14-20/h5-14,18,21-22H,15-17H2,1-4H3/t18-,21+,22+/m1/s1. The van der Waals surface area contributed by atoms with Crippen LogP contribution in [0.5, 0.6) is 0 Å². The summed E-state index contributed by atoms with van der Waals surface area (Å²) in [5.74, 6) is -0.505. The van der Waals surface area contributed by atoms with Crippen LogP contribution < -0.4 is 0 Å². The number of carbonyl (C=O) groups is 2. The summed E-state index contributed by atoms with van der Waals surface area (Å²) in [4.78, 5) is 29.4. The summed E-state index contributed by atoms with van der Waals surface area (Å²) in [6.07, 6.45) is 0.676. The maximum atomic E-state index is 13.4. The van der Waals surface area contributed by atoms with E-state index in [0.717, 1.165) is 10.5 Å². The molecule has 0 aromatic heterocycles. The number of nitrogens with zero attached hydrogens (tertiary/aromatic N) is 1. The van der Waals surface area contributed by atoms with Gasteiger partial charge in [-0.25, -0.2) is 0 Å². The van der Waals surface area contributed by atoms with Crippen LogP contribution in [0.2, 0.25) is 0 Å². The van der Waals surface area contributed by atoms with Gasteiger partial charge in [-0.05, 0) is 51.8 Å². The predicted octanol–water partition coefficient (Wildman–Crippen LogP) is 5.35. The highest BCUT2D eigenvalue weighted by atomic mass is 32.2. The second-order valence-electron chi connectivity index (χ2n) is 8.78. The second-order valence-corrected chi connectivity index (χ2v) is 9.87. The molecule has 1 heterocycles. The molecule has 0 spiro atoms. The van der Waals surface area contributed by atoms with Crippen LogP contribution in [0.1, 0.15) is 45.7 Å². The van der Waals surface area contributed by atoms with Gasteiger partial charge in [0.05, 0.1) is 17.9 Å².